The van der Waals surface area contributed by atoms with Crippen molar-refractivity contribution < 1.29 is 19.1 Å². The van der Waals surface area contributed by atoms with Gasteiger partial charge in [0.15, 0.2) is 0 Å². The molecule has 0 N–H and O–H groups in total. The standard InChI is InChI=1S/C24H32N4O5S/c1-4-33-24(32)17-8-11-26(12-9-17)23(31)20-16(3)19-21(34-20)25-14-27(22(19)30)13-18(29)28-10-6-5-7-15(28)2/h14-15,17H,4-13H2,1-3H3/t15-/m0/s1. The molecule has 9 nitrogen and oxygen atoms in total. The highest BCUT2D eigenvalue weighted by atomic mass is 32.1. The molecule has 0 unspecified atom stereocenters. The summed E-state index contributed by atoms with van der Waals surface area (Å²) in [5, 5.41) is 0.400. The molecule has 4 rings (SSSR count). The molecule has 0 spiro atoms. The lowest BCUT2D eigenvalue weighted by Crippen LogP contribution is -2.44. The first-order valence-corrected chi connectivity index (χ1v) is 12.9. The number of carbonyl (C=O) groups is 3. The molecular formula is C24H32N4O5S. The Morgan fingerprint density at radius 3 is 2.56 bits per heavy atom. The van der Waals surface area contributed by atoms with Gasteiger partial charge in [-0.2, -0.15) is 0 Å². The summed E-state index contributed by atoms with van der Waals surface area (Å²) in [6.07, 6.45) is 5.61. The van der Waals surface area contributed by atoms with Crippen LogP contribution in [0.25, 0.3) is 10.2 Å². The van der Waals surface area contributed by atoms with Gasteiger partial charge in [-0.15, -0.1) is 11.3 Å². The normalized spacial score (nSPS) is 19.4. The highest BCUT2D eigenvalue weighted by Gasteiger charge is 2.31. The molecule has 184 valence electrons. The van der Waals surface area contributed by atoms with Crippen LogP contribution in [0.5, 0.6) is 0 Å². The minimum Gasteiger partial charge on any atom is -0.466 e. The number of aryl methyl sites for hydroxylation is 1. The molecule has 2 fully saturated rings. The fourth-order valence-corrected chi connectivity index (χ4v) is 6.01. The molecule has 0 aliphatic carbocycles. The number of thiophene rings is 1. The van der Waals surface area contributed by atoms with Crippen molar-refractivity contribution in [1.29, 1.82) is 0 Å². The molecule has 34 heavy (non-hydrogen) atoms. The SMILES string of the molecule is CCOC(=O)C1CCN(C(=O)c2sc3ncn(CC(=O)N4CCCC[C@@H]4C)c(=O)c3c2C)CC1. The van der Waals surface area contributed by atoms with Crippen LogP contribution in [0, 0.1) is 12.8 Å². The van der Waals surface area contributed by atoms with E-state index < -0.39 is 0 Å². The lowest BCUT2D eigenvalue weighted by Gasteiger charge is -2.33. The maximum Gasteiger partial charge on any atom is 0.309 e. The second-order valence-corrected chi connectivity index (χ2v) is 10.2. The predicted octanol–water partition coefficient (Wildman–Crippen LogP) is 2.58. The minimum atomic E-state index is -0.295. The quantitative estimate of drug-likeness (QED) is 0.600. The topological polar surface area (TPSA) is 102 Å². The molecule has 4 heterocycles. The number of amides is 2. The van der Waals surface area contributed by atoms with Crippen molar-refractivity contribution in [1.82, 2.24) is 19.4 Å². The van der Waals surface area contributed by atoms with Crippen molar-refractivity contribution in [2.45, 2.75) is 65.5 Å². The molecule has 0 aromatic carbocycles. The second kappa shape index (κ2) is 10.2. The lowest BCUT2D eigenvalue weighted by molar-refractivity contribution is -0.149. The second-order valence-electron chi connectivity index (χ2n) is 9.16. The molecular weight excluding hydrogens is 456 g/mol. The average molecular weight is 489 g/mol. The maximum absolute atomic E-state index is 13.2. The van der Waals surface area contributed by atoms with Crippen molar-refractivity contribution in [3.05, 3.63) is 27.1 Å². The van der Waals surface area contributed by atoms with Crippen molar-refractivity contribution in [2.24, 2.45) is 5.92 Å². The van der Waals surface area contributed by atoms with E-state index in [1.807, 2.05) is 11.8 Å². The first-order chi connectivity index (χ1) is 16.3. The third kappa shape index (κ3) is 4.73. The van der Waals surface area contributed by atoms with Crippen LogP contribution in [0.2, 0.25) is 0 Å². The van der Waals surface area contributed by atoms with Gasteiger partial charge in [0.05, 0.1) is 29.1 Å². The van der Waals surface area contributed by atoms with Crippen LogP contribution in [0.1, 0.15) is 61.2 Å². The Balaban J connectivity index is 1.51. The van der Waals surface area contributed by atoms with E-state index in [9.17, 15) is 19.2 Å². The molecule has 2 aromatic heterocycles. The van der Waals surface area contributed by atoms with Gasteiger partial charge in [0.2, 0.25) is 5.91 Å². The van der Waals surface area contributed by atoms with E-state index in [0.29, 0.717) is 59.7 Å². The number of carbonyl (C=O) groups excluding carboxylic acids is 3. The predicted molar refractivity (Wildman–Crippen MR) is 129 cm³/mol. The Morgan fingerprint density at radius 2 is 1.88 bits per heavy atom. The summed E-state index contributed by atoms with van der Waals surface area (Å²) < 4.78 is 6.46. The number of piperidine rings is 2. The van der Waals surface area contributed by atoms with Crippen LogP contribution >= 0.6 is 11.3 Å². The van der Waals surface area contributed by atoms with Gasteiger partial charge in [-0.25, -0.2) is 4.98 Å². The Bertz CT molecular complexity index is 1150. The lowest BCUT2D eigenvalue weighted by atomic mass is 9.97. The van der Waals surface area contributed by atoms with Gasteiger partial charge in [0.1, 0.15) is 11.4 Å². The highest BCUT2D eigenvalue weighted by molar-refractivity contribution is 7.20. The van der Waals surface area contributed by atoms with E-state index in [1.165, 1.54) is 22.2 Å². The number of nitrogens with zero attached hydrogens (tertiary/aromatic N) is 4. The largest absolute Gasteiger partial charge is 0.466 e. The Kier molecular flexibility index (Phi) is 7.35. The van der Waals surface area contributed by atoms with Gasteiger partial charge in [-0.1, -0.05) is 0 Å². The monoisotopic (exact) mass is 488 g/mol. The first kappa shape index (κ1) is 24.4. The van der Waals surface area contributed by atoms with Gasteiger partial charge < -0.3 is 14.5 Å². The molecule has 2 saturated heterocycles. The van der Waals surface area contributed by atoms with E-state index in [-0.39, 0.29) is 41.8 Å². The molecule has 0 bridgehead atoms. The fourth-order valence-electron chi connectivity index (χ4n) is 4.90. The van der Waals surface area contributed by atoms with Crippen molar-refractivity contribution >= 4 is 39.3 Å². The molecule has 1 atom stereocenters. The van der Waals surface area contributed by atoms with Crippen molar-refractivity contribution in [3.8, 4) is 0 Å². The number of rotatable bonds is 5. The van der Waals surface area contributed by atoms with Crippen LogP contribution in [0.4, 0.5) is 0 Å². The Hall–Kier alpha value is -2.75. The van der Waals surface area contributed by atoms with E-state index >= 15 is 0 Å². The summed E-state index contributed by atoms with van der Waals surface area (Å²) >= 11 is 1.21. The Labute approximate surface area is 202 Å². The maximum atomic E-state index is 13.2. The molecule has 2 amide bonds. The zero-order valence-corrected chi connectivity index (χ0v) is 20.9. The highest BCUT2D eigenvalue weighted by Crippen LogP contribution is 2.30. The number of hydrogen-bond donors (Lipinski definition) is 0. The summed E-state index contributed by atoms with van der Waals surface area (Å²) in [4.78, 5) is 60.2. The summed E-state index contributed by atoms with van der Waals surface area (Å²) in [5.74, 6) is -0.608. The zero-order valence-electron chi connectivity index (χ0n) is 20.0. The van der Waals surface area contributed by atoms with Crippen molar-refractivity contribution in [3.63, 3.8) is 0 Å². The van der Waals surface area contributed by atoms with E-state index in [2.05, 4.69) is 4.98 Å². The van der Waals surface area contributed by atoms with Crippen molar-refractivity contribution in [2.75, 3.05) is 26.2 Å². The fraction of sp³-hybridized carbons (Fsp3) is 0.625. The average Bonchev–Trinajstić information content (AvgIpc) is 3.17. The van der Waals surface area contributed by atoms with Gasteiger partial charge in [0.25, 0.3) is 11.5 Å². The van der Waals surface area contributed by atoms with Gasteiger partial charge in [0, 0.05) is 25.7 Å². The van der Waals surface area contributed by atoms with E-state index in [4.69, 9.17) is 4.74 Å². The van der Waals surface area contributed by atoms with Crippen LogP contribution in [-0.4, -0.2) is 69.4 Å². The summed E-state index contributed by atoms with van der Waals surface area (Å²) in [7, 11) is 0. The van der Waals surface area contributed by atoms with Crippen LogP contribution in [0.15, 0.2) is 11.1 Å². The number of aromatic nitrogens is 2. The molecule has 0 saturated carbocycles. The van der Waals surface area contributed by atoms with Gasteiger partial charge >= 0.3 is 5.97 Å². The Morgan fingerprint density at radius 1 is 1.15 bits per heavy atom. The number of ether oxygens (including phenoxy) is 1. The van der Waals surface area contributed by atoms with E-state index in [1.54, 1.807) is 18.7 Å². The zero-order chi connectivity index (χ0) is 24.4. The third-order valence-corrected chi connectivity index (χ3v) is 8.13. The van der Waals surface area contributed by atoms with E-state index in [0.717, 1.165) is 19.3 Å². The smallest absolute Gasteiger partial charge is 0.309 e. The number of fused-ring (bicyclic) bond motifs is 1. The summed E-state index contributed by atoms with van der Waals surface area (Å²) in [6.45, 7) is 7.54. The molecule has 2 aliphatic heterocycles. The molecule has 10 heteroatoms. The van der Waals surface area contributed by atoms with Crippen LogP contribution < -0.4 is 5.56 Å². The summed E-state index contributed by atoms with van der Waals surface area (Å²) in [6, 6.07) is 0.175. The van der Waals surface area contributed by atoms with Crippen LogP contribution in [-0.2, 0) is 20.9 Å². The molecule has 2 aliphatic rings. The number of esters is 1. The minimum absolute atomic E-state index is 0.0496. The van der Waals surface area contributed by atoms with Gasteiger partial charge in [-0.05, 0) is 58.4 Å². The third-order valence-electron chi connectivity index (χ3n) is 6.94. The number of likely N-dealkylation sites (tertiary alicyclic amines) is 2. The first-order valence-electron chi connectivity index (χ1n) is 12.1. The molecule has 0 radical (unpaired) electrons. The van der Waals surface area contributed by atoms with Crippen LogP contribution in [0.3, 0.4) is 0 Å². The summed E-state index contributed by atoms with van der Waals surface area (Å²) in [5.41, 5.74) is 0.306. The van der Waals surface area contributed by atoms with Gasteiger partial charge in [-0.3, -0.25) is 23.7 Å². The molecule has 2 aromatic rings. The number of hydrogen-bond acceptors (Lipinski definition) is 7.